The molecule has 0 aromatic heterocycles. The van der Waals surface area contributed by atoms with E-state index < -0.39 is 15.7 Å². The number of nitrogens with one attached hydrogen (secondary N) is 1. The Hall–Kier alpha value is -2.53. The summed E-state index contributed by atoms with van der Waals surface area (Å²) < 4.78 is 38.3. The quantitative estimate of drug-likeness (QED) is 0.550. The van der Waals surface area contributed by atoms with Crippen molar-refractivity contribution >= 4 is 21.7 Å². The number of nitrogens with zero attached hydrogens (tertiary/aromatic N) is 2. The fourth-order valence-corrected chi connectivity index (χ4v) is 3.69. The molecular formula is C19H29N3O7S. The van der Waals surface area contributed by atoms with Crippen LogP contribution in [0.15, 0.2) is 12.1 Å². The molecule has 11 heteroatoms. The molecule has 0 saturated carbocycles. The highest BCUT2D eigenvalue weighted by Gasteiger charge is 2.23. The van der Waals surface area contributed by atoms with Crippen molar-refractivity contribution in [2.75, 3.05) is 72.6 Å². The first-order valence-electron chi connectivity index (χ1n) is 9.44. The third-order valence-electron chi connectivity index (χ3n) is 4.83. The van der Waals surface area contributed by atoms with Crippen molar-refractivity contribution in [3.8, 4) is 17.2 Å². The zero-order valence-corrected chi connectivity index (χ0v) is 18.6. The van der Waals surface area contributed by atoms with E-state index in [1.54, 1.807) is 4.90 Å². The van der Waals surface area contributed by atoms with Crippen molar-refractivity contribution in [3.05, 3.63) is 17.7 Å². The summed E-state index contributed by atoms with van der Waals surface area (Å²) in [5.41, 5.74) is 0.280. The van der Waals surface area contributed by atoms with Gasteiger partial charge in [-0.25, -0.2) is 8.42 Å². The van der Waals surface area contributed by atoms with Gasteiger partial charge in [0, 0.05) is 44.5 Å². The van der Waals surface area contributed by atoms with E-state index in [0.717, 1.165) is 0 Å². The number of ether oxygens (including phenoxy) is 3. The summed E-state index contributed by atoms with van der Waals surface area (Å²) in [7, 11) is 1.38. The van der Waals surface area contributed by atoms with Gasteiger partial charge in [0.15, 0.2) is 11.5 Å². The summed E-state index contributed by atoms with van der Waals surface area (Å²) in [5, 5.41) is 2.62. The first-order chi connectivity index (χ1) is 14.2. The molecule has 1 aromatic rings. The Bertz CT molecular complexity index is 840. The molecule has 2 rings (SSSR count). The Balaban J connectivity index is 1.89. The maximum atomic E-state index is 12.5. The maximum absolute atomic E-state index is 12.5. The molecule has 168 valence electrons. The molecular weight excluding hydrogens is 414 g/mol. The molecule has 1 aliphatic heterocycles. The highest BCUT2D eigenvalue weighted by Crippen LogP contribution is 2.38. The zero-order valence-electron chi connectivity index (χ0n) is 17.8. The van der Waals surface area contributed by atoms with Crippen LogP contribution >= 0.6 is 0 Å². The van der Waals surface area contributed by atoms with E-state index in [1.807, 2.05) is 4.90 Å². The van der Waals surface area contributed by atoms with E-state index in [9.17, 15) is 18.0 Å². The van der Waals surface area contributed by atoms with Crippen molar-refractivity contribution < 1.29 is 32.2 Å². The molecule has 0 unspecified atom stereocenters. The van der Waals surface area contributed by atoms with Crippen molar-refractivity contribution in [2.24, 2.45) is 0 Å². The van der Waals surface area contributed by atoms with E-state index >= 15 is 0 Å². The highest BCUT2D eigenvalue weighted by molar-refractivity contribution is 7.90. The van der Waals surface area contributed by atoms with Crippen LogP contribution in [0.2, 0.25) is 0 Å². The zero-order chi connectivity index (χ0) is 22.3. The molecule has 1 N–H and O–H groups in total. The van der Waals surface area contributed by atoms with Gasteiger partial charge in [0.1, 0.15) is 9.84 Å². The average Bonchev–Trinajstić information content (AvgIpc) is 2.74. The number of hydrogen-bond acceptors (Lipinski definition) is 8. The SMILES string of the molecule is COc1cc(C(=O)NCC(=O)N2CCN(CCS(C)(=O)=O)CC2)cc(OC)c1OC. The van der Waals surface area contributed by atoms with Gasteiger partial charge in [-0.1, -0.05) is 0 Å². The molecule has 1 aliphatic rings. The molecule has 0 aliphatic carbocycles. The van der Waals surface area contributed by atoms with Crippen LogP contribution in [-0.4, -0.2) is 103 Å². The summed E-state index contributed by atoms with van der Waals surface area (Å²) >= 11 is 0. The van der Waals surface area contributed by atoms with E-state index in [-0.39, 0.29) is 23.8 Å². The monoisotopic (exact) mass is 443 g/mol. The predicted octanol–water partition coefficient (Wildman–Crippen LogP) is -0.369. The van der Waals surface area contributed by atoms with Crippen molar-refractivity contribution in [2.45, 2.75) is 0 Å². The Morgan fingerprint density at radius 1 is 1.00 bits per heavy atom. The molecule has 1 heterocycles. The van der Waals surface area contributed by atoms with Gasteiger partial charge in [0.2, 0.25) is 11.7 Å². The largest absolute Gasteiger partial charge is 0.493 e. The Kier molecular flexibility index (Phi) is 8.30. The fraction of sp³-hybridized carbons (Fsp3) is 0.579. The second-order valence-electron chi connectivity index (χ2n) is 6.95. The third kappa shape index (κ3) is 6.49. The second kappa shape index (κ2) is 10.5. The second-order valence-corrected chi connectivity index (χ2v) is 9.21. The Morgan fingerprint density at radius 3 is 2.03 bits per heavy atom. The van der Waals surface area contributed by atoms with Gasteiger partial charge < -0.3 is 24.4 Å². The van der Waals surface area contributed by atoms with E-state index in [4.69, 9.17) is 14.2 Å². The number of rotatable bonds is 9. The van der Waals surface area contributed by atoms with Crippen LogP contribution in [0.5, 0.6) is 17.2 Å². The summed E-state index contributed by atoms with van der Waals surface area (Å²) in [6, 6.07) is 3.03. The minimum absolute atomic E-state index is 0.103. The standard InChI is InChI=1S/C19H29N3O7S/c1-27-15-11-14(12-16(28-2)18(15)29-3)19(24)20-13-17(23)22-7-5-21(6-8-22)9-10-30(4,25)26/h11-12H,5-10,13H2,1-4H3,(H,20,24). The maximum Gasteiger partial charge on any atom is 0.251 e. The van der Waals surface area contributed by atoms with E-state index in [2.05, 4.69) is 5.32 Å². The first kappa shape index (κ1) is 23.7. The van der Waals surface area contributed by atoms with Crippen LogP contribution in [0.1, 0.15) is 10.4 Å². The molecule has 0 radical (unpaired) electrons. The number of sulfone groups is 1. The van der Waals surface area contributed by atoms with Crippen molar-refractivity contribution in [3.63, 3.8) is 0 Å². The number of carbonyl (C=O) groups is 2. The lowest BCUT2D eigenvalue weighted by Gasteiger charge is -2.34. The van der Waals surface area contributed by atoms with Gasteiger partial charge in [-0.05, 0) is 12.1 Å². The smallest absolute Gasteiger partial charge is 0.251 e. The number of hydrogen-bond donors (Lipinski definition) is 1. The fourth-order valence-electron chi connectivity index (χ4n) is 3.10. The third-order valence-corrected chi connectivity index (χ3v) is 5.75. The van der Waals surface area contributed by atoms with Gasteiger partial charge in [0.25, 0.3) is 5.91 Å². The molecule has 1 aromatic carbocycles. The molecule has 1 saturated heterocycles. The summed E-state index contributed by atoms with van der Waals surface area (Å²) in [6.45, 7) is 2.49. The van der Waals surface area contributed by atoms with Crippen LogP contribution in [0.25, 0.3) is 0 Å². The molecule has 2 amide bonds. The van der Waals surface area contributed by atoms with Gasteiger partial charge >= 0.3 is 0 Å². The van der Waals surface area contributed by atoms with E-state index in [1.165, 1.54) is 39.7 Å². The average molecular weight is 444 g/mol. The molecule has 0 spiro atoms. The lowest BCUT2D eigenvalue weighted by Crippen LogP contribution is -2.51. The molecule has 30 heavy (non-hydrogen) atoms. The highest BCUT2D eigenvalue weighted by atomic mass is 32.2. The number of methoxy groups -OCH3 is 3. The van der Waals surface area contributed by atoms with Crippen molar-refractivity contribution in [1.82, 2.24) is 15.1 Å². The minimum Gasteiger partial charge on any atom is -0.493 e. The van der Waals surface area contributed by atoms with Crippen molar-refractivity contribution in [1.29, 1.82) is 0 Å². The van der Waals surface area contributed by atoms with Crippen LogP contribution in [0, 0.1) is 0 Å². The van der Waals surface area contributed by atoms with Crippen LogP contribution in [0.4, 0.5) is 0 Å². The first-order valence-corrected chi connectivity index (χ1v) is 11.5. The molecule has 1 fully saturated rings. The Labute approximate surface area is 177 Å². The number of piperazine rings is 1. The van der Waals surface area contributed by atoms with Gasteiger partial charge in [0.05, 0.1) is 33.6 Å². The Morgan fingerprint density at radius 2 is 1.57 bits per heavy atom. The van der Waals surface area contributed by atoms with Crippen LogP contribution < -0.4 is 19.5 Å². The van der Waals surface area contributed by atoms with Crippen LogP contribution in [-0.2, 0) is 14.6 Å². The molecule has 10 nitrogen and oxygen atoms in total. The number of carbonyl (C=O) groups excluding carboxylic acids is 2. The lowest BCUT2D eigenvalue weighted by molar-refractivity contribution is -0.131. The summed E-state index contributed by atoms with van der Waals surface area (Å²) in [6.07, 6.45) is 1.21. The number of benzene rings is 1. The summed E-state index contributed by atoms with van der Waals surface area (Å²) in [5.74, 6) is 0.539. The normalized spacial score (nSPS) is 14.9. The van der Waals surface area contributed by atoms with E-state index in [0.29, 0.717) is 50.0 Å². The van der Waals surface area contributed by atoms with Gasteiger partial charge in [-0.3, -0.25) is 14.5 Å². The predicted molar refractivity (Wildman–Crippen MR) is 111 cm³/mol. The summed E-state index contributed by atoms with van der Waals surface area (Å²) in [4.78, 5) is 28.6. The van der Waals surface area contributed by atoms with Gasteiger partial charge in [-0.2, -0.15) is 0 Å². The molecule has 0 atom stereocenters. The van der Waals surface area contributed by atoms with Gasteiger partial charge in [-0.15, -0.1) is 0 Å². The molecule has 0 bridgehead atoms. The minimum atomic E-state index is -3.01. The van der Waals surface area contributed by atoms with Crippen LogP contribution in [0.3, 0.4) is 0 Å². The topological polar surface area (TPSA) is 114 Å². The number of amides is 2. The lowest BCUT2D eigenvalue weighted by atomic mass is 10.1.